The molecule has 0 spiro atoms. The zero-order valence-corrected chi connectivity index (χ0v) is 13.1. The van der Waals surface area contributed by atoms with Crippen LogP contribution in [0, 0.1) is 17.2 Å². The smallest absolute Gasteiger partial charge is 0.416 e. The predicted octanol–water partition coefficient (Wildman–Crippen LogP) is 3.74. The number of esters is 1. The van der Waals surface area contributed by atoms with E-state index in [2.05, 4.69) is 0 Å². The van der Waals surface area contributed by atoms with Crippen LogP contribution in [0.25, 0.3) is 0 Å². The van der Waals surface area contributed by atoms with Crippen LogP contribution >= 0.6 is 0 Å². The standard InChI is InChI=1S/C8H4F3N.C8H14O3/c9-8(10,11)7-3-1-2-6(4-7)5-12;1-4-7(6(3)9)8(10)11-5-2/h1-4H;7H,4-5H2,1-3H3. The summed E-state index contributed by atoms with van der Waals surface area (Å²) < 4.78 is 40.7. The van der Waals surface area contributed by atoms with Gasteiger partial charge in [0.15, 0.2) is 0 Å². The summed E-state index contributed by atoms with van der Waals surface area (Å²) in [6, 6.07) is 5.93. The molecule has 1 aromatic carbocycles. The molecule has 1 rings (SSSR count). The molecule has 0 fully saturated rings. The largest absolute Gasteiger partial charge is 0.465 e. The summed E-state index contributed by atoms with van der Waals surface area (Å²) in [4.78, 5) is 21.8. The fraction of sp³-hybridized carbons (Fsp3) is 0.438. The maximum absolute atomic E-state index is 12.0. The van der Waals surface area contributed by atoms with Gasteiger partial charge in [0, 0.05) is 0 Å². The van der Waals surface area contributed by atoms with E-state index in [0.717, 1.165) is 12.1 Å². The van der Waals surface area contributed by atoms with Gasteiger partial charge in [-0.25, -0.2) is 0 Å². The maximum Gasteiger partial charge on any atom is 0.416 e. The number of carbonyl (C=O) groups is 2. The highest BCUT2D eigenvalue weighted by Gasteiger charge is 2.30. The van der Waals surface area contributed by atoms with Crippen molar-refractivity contribution in [1.82, 2.24) is 0 Å². The fourth-order valence-electron chi connectivity index (χ4n) is 1.63. The topological polar surface area (TPSA) is 67.2 Å². The van der Waals surface area contributed by atoms with Crippen molar-refractivity contribution >= 4 is 11.8 Å². The molecule has 0 saturated heterocycles. The molecular weight excluding hydrogens is 311 g/mol. The van der Waals surface area contributed by atoms with E-state index >= 15 is 0 Å². The van der Waals surface area contributed by atoms with Gasteiger partial charge in [-0.15, -0.1) is 0 Å². The molecule has 0 bridgehead atoms. The summed E-state index contributed by atoms with van der Waals surface area (Å²) in [5.41, 5.74) is -0.772. The van der Waals surface area contributed by atoms with Crippen LogP contribution in [0.3, 0.4) is 0 Å². The Bertz CT molecular complexity index is 577. The minimum Gasteiger partial charge on any atom is -0.465 e. The second-order valence-corrected chi connectivity index (χ2v) is 4.51. The summed E-state index contributed by atoms with van der Waals surface area (Å²) in [6.45, 7) is 5.27. The third-order valence-electron chi connectivity index (χ3n) is 2.79. The van der Waals surface area contributed by atoms with Crippen molar-refractivity contribution in [1.29, 1.82) is 5.26 Å². The van der Waals surface area contributed by atoms with Gasteiger partial charge < -0.3 is 4.74 Å². The number of hydrogen-bond acceptors (Lipinski definition) is 4. The lowest BCUT2D eigenvalue weighted by molar-refractivity contribution is -0.151. The molecule has 0 saturated carbocycles. The van der Waals surface area contributed by atoms with Crippen molar-refractivity contribution < 1.29 is 27.5 Å². The molecule has 0 aliphatic rings. The molecule has 1 atom stereocenters. The molecule has 0 radical (unpaired) electrons. The zero-order chi connectivity index (χ0) is 18.0. The molecule has 0 amide bonds. The zero-order valence-electron chi connectivity index (χ0n) is 13.1. The number of hydrogen-bond donors (Lipinski definition) is 0. The van der Waals surface area contributed by atoms with E-state index in [9.17, 15) is 22.8 Å². The van der Waals surface area contributed by atoms with Gasteiger partial charge in [-0.3, -0.25) is 9.59 Å². The number of halogens is 3. The molecule has 0 aromatic heterocycles. The third-order valence-corrected chi connectivity index (χ3v) is 2.79. The first-order valence-electron chi connectivity index (χ1n) is 6.91. The molecule has 0 N–H and O–H groups in total. The Kier molecular flexibility index (Phi) is 8.63. The van der Waals surface area contributed by atoms with E-state index < -0.39 is 23.6 Å². The second kappa shape index (κ2) is 9.62. The van der Waals surface area contributed by atoms with Crippen molar-refractivity contribution in [3.8, 4) is 6.07 Å². The number of ether oxygens (including phenoxy) is 1. The van der Waals surface area contributed by atoms with E-state index in [1.165, 1.54) is 19.1 Å². The number of benzene rings is 1. The van der Waals surface area contributed by atoms with Crippen LogP contribution in [0.1, 0.15) is 38.3 Å². The monoisotopic (exact) mass is 329 g/mol. The van der Waals surface area contributed by atoms with Crippen LogP contribution in [0.2, 0.25) is 0 Å². The lowest BCUT2D eigenvalue weighted by Gasteiger charge is -2.08. The molecule has 0 aliphatic heterocycles. The molecule has 0 heterocycles. The van der Waals surface area contributed by atoms with Crippen molar-refractivity contribution in [2.45, 2.75) is 33.4 Å². The molecule has 0 aliphatic carbocycles. The number of Topliss-reactive ketones (excluding diaryl/α,β-unsaturated/α-hetero) is 1. The number of nitriles is 1. The summed E-state index contributed by atoms with van der Waals surface area (Å²) in [6.07, 6.45) is -3.85. The van der Waals surface area contributed by atoms with Crippen molar-refractivity contribution in [3.63, 3.8) is 0 Å². The molecule has 1 unspecified atom stereocenters. The van der Waals surface area contributed by atoms with E-state index in [1.54, 1.807) is 19.9 Å². The van der Waals surface area contributed by atoms with E-state index in [1.807, 2.05) is 0 Å². The first kappa shape index (κ1) is 20.6. The van der Waals surface area contributed by atoms with Gasteiger partial charge in [0.25, 0.3) is 0 Å². The Morgan fingerprint density at radius 3 is 2.30 bits per heavy atom. The van der Waals surface area contributed by atoms with Crippen LogP contribution in [0.5, 0.6) is 0 Å². The molecule has 4 nitrogen and oxygen atoms in total. The summed E-state index contributed by atoms with van der Waals surface area (Å²) >= 11 is 0. The highest BCUT2D eigenvalue weighted by atomic mass is 19.4. The average molecular weight is 329 g/mol. The van der Waals surface area contributed by atoms with Gasteiger partial charge in [-0.2, -0.15) is 18.4 Å². The lowest BCUT2D eigenvalue weighted by Crippen LogP contribution is -2.23. The lowest BCUT2D eigenvalue weighted by atomic mass is 10.0. The van der Waals surface area contributed by atoms with Gasteiger partial charge in [0.2, 0.25) is 0 Å². The Morgan fingerprint density at radius 1 is 1.30 bits per heavy atom. The van der Waals surface area contributed by atoms with Gasteiger partial charge in [0.1, 0.15) is 11.7 Å². The summed E-state index contributed by atoms with van der Waals surface area (Å²) in [5, 5.41) is 8.31. The number of carbonyl (C=O) groups excluding carboxylic acids is 2. The van der Waals surface area contributed by atoms with Crippen LogP contribution in [0.4, 0.5) is 13.2 Å². The second-order valence-electron chi connectivity index (χ2n) is 4.51. The maximum atomic E-state index is 12.0. The fourth-order valence-corrected chi connectivity index (χ4v) is 1.63. The van der Waals surface area contributed by atoms with Crippen molar-refractivity contribution in [2.75, 3.05) is 6.61 Å². The number of ketones is 1. The van der Waals surface area contributed by atoms with Gasteiger partial charge in [-0.1, -0.05) is 13.0 Å². The van der Waals surface area contributed by atoms with E-state index in [-0.39, 0.29) is 11.3 Å². The van der Waals surface area contributed by atoms with Crippen LogP contribution < -0.4 is 0 Å². The van der Waals surface area contributed by atoms with Crippen LogP contribution in [-0.4, -0.2) is 18.4 Å². The van der Waals surface area contributed by atoms with Gasteiger partial charge >= 0.3 is 12.1 Å². The summed E-state index contributed by atoms with van der Waals surface area (Å²) in [5.74, 6) is -1.08. The van der Waals surface area contributed by atoms with Crippen molar-refractivity contribution in [2.24, 2.45) is 5.92 Å². The van der Waals surface area contributed by atoms with Crippen molar-refractivity contribution in [3.05, 3.63) is 35.4 Å². The van der Waals surface area contributed by atoms with Gasteiger partial charge in [0.05, 0.1) is 23.8 Å². The first-order chi connectivity index (χ1) is 10.7. The molecule has 23 heavy (non-hydrogen) atoms. The van der Waals surface area contributed by atoms with Crippen LogP contribution in [-0.2, 0) is 20.5 Å². The highest BCUT2D eigenvalue weighted by Crippen LogP contribution is 2.29. The predicted molar refractivity (Wildman–Crippen MR) is 77.3 cm³/mol. The Morgan fingerprint density at radius 2 is 1.91 bits per heavy atom. The Labute approximate surface area is 132 Å². The number of nitrogens with zero attached hydrogens (tertiary/aromatic N) is 1. The Balaban J connectivity index is 0.000000423. The Hall–Kier alpha value is -2.36. The highest BCUT2D eigenvalue weighted by molar-refractivity contribution is 5.97. The quantitative estimate of drug-likeness (QED) is 0.623. The van der Waals surface area contributed by atoms with Crippen LogP contribution in [0.15, 0.2) is 24.3 Å². The first-order valence-corrected chi connectivity index (χ1v) is 6.91. The minimum atomic E-state index is -4.37. The van der Waals surface area contributed by atoms with E-state index in [4.69, 9.17) is 10.00 Å². The molecule has 126 valence electrons. The SMILES string of the molecule is CCOC(=O)C(CC)C(C)=O.N#Cc1cccc(C(F)(F)F)c1. The number of rotatable bonds is 4. The number of alkyl halides is 3. The molecular formula is C16H18F3NO3. The van der Waals surface area contributed by atoms with Gasteiger partial charge in [-0.05, 0) is 38.5 Å². The van der Waals surface area contributed by atoms with E-state index in [0.29, 0.717) is 13.0 Å². The molecule has 1 aromatic rings. The third kappa shape index (κ3) is 7.45. The normalized spacial score (nSPS) is 11.5. The average Bonchev–Trinajstić information content (AvgIpc) is 2.47. The summed E-state index contributed by atoms with van der Waals surface area (Å²) in [7, 11) is 0. The minimum absolute atomic E-state index is 0.0184. The molecule has 7 heteroatoms.